The number of hydrogen-bond donors (Lipinski definition) is 0. The maximum Gasteiger partial charge on any atom is 0.0642 e. The Balaban J connectivity index is 1.79. The van der Waals surface area contributed by atoms with Gasteiger partial charge in [0.1, 0.15) is 0 Å². The van der Waals surface area contributed by atoms with E-state index in [4.69, 9.17) is 4.74 Å². The van der Waals surface area contributed by atoms with Gasteiger partial charge in [-0.2, -0.15) is 0 Å². The normalized spacial score (nSPS) is 23.2. The van der Waals surface area contributed by atoms with E-state index in [1.165, 1.54) is 29.0 Å². The number of hydrogen-bond acceptors (Lipinski definition) is 3. The molecule has 90 valence electrons. The SMILES string of the molecule is C(=C1CCC=C1N1CCOCC1)c1cccs1. The Morgan fingerprint density at radius 1 is 1.29 bits per heavy atom. The van der Waals surface area contributed by atoms with Gasteiger partial charge in [0.2, 0.25) is 0 Å². The largest absolute Gasteiger partial charge is 0.378 e. The number of nitrogens with zero attached hydrogens (tertiary/aromatic N) is 1. The zero-order valence-corrected chi connectivity index (χ0v) is 10.7. The van der Waals surface area contributed by atoms with Crippen molar-refractivity contribution in [2.24, 2.45) is 0 Å². The summed E-state index contributed by atoms with van der Waals surface area (Å²) in [5.74, 6) is 0. The quantitative estimate of drug-likeness (QED) is 0.796. The molecule has 2 nitrogen and oxygen atoms in total. The van der Waals surface area contributed by atoms with Gasteiger partial charge in [-0.1, -0.05) is 12.1 Å². The Labute approximate surface area is 106 Å². The minimum absolute atomic E-state index is 0.865. The molecule has 2 heterocycles. The Kier molecular flexibility index (Phi) is 3.29. The zero-order valence-electron chi connectivity index (χ0n) is 9.89. The van der Waals surface area contributed by atoms with Crippen LogP contribution in [0.4, 0.5) is 0 Å². The molecule has 0 spiro atoms. The fraction of sp³-hybridized carbons (Fsp3) is 0.429. The highest BCUT2D eigenvalue weighted by atomic mass is 32.1. The van der Waals surface area contributed by atoms with Gasteiger partial charge in [0.15, 0.2) is 0 Å². The van der Waals surface area contributed by atoms with Gasteiger partial charge < -0.3 is 9.64 Å². The third-order valence-electron chi connectivity index (χ3n) is 3.29. The van der Waals surface area contributed by atoms with E-state index in [0.29, 0.717) is 0 Å². The van der Waals surface area contributed by atoms with Crippen LogP contribution in [0.3, 0.4) is 0 Å². The zero-order chi connectivity index (χ0) is 11.5. The Morgan fingerprint density at radius 2 is 2.18 bits per heavy atom. The van der Waals surface area contributed by atoms with E-state index in [9.17, 15) is 0 Å². The van der Waals surface area contributed by atoms with Crippen molar-refractivity contribution in [1.29, 1.82) is 0 Å². The molecule has 3 rings (SSSR count). The van der Waals surface area contributed by atoms with Crippen molar-refractivity contribution in [3.05, 3.63) is 39.7 Å². The van der Waals surface area contributed by atoms with Crippen molar-refractivity contribution in [3.8, 4) is 0 Å². The Morgan fingerprint density at radius 3 is 2.94 bits per heavy atom. The molecule has 1 fully saturated rings. The molecule has 0 bridgehead atoms. The molecule has 1 saturated heterocycles. The molecule has 1 aliphatic heterocycles. The fourth-order valence-electron chi connectivity index (χ4n) is 2.45. The highest BCUT2D eigenvalue weighted by molar-refractivity contribution is 7.10. The Hall–Kier alpha value is -1.06. The van der Waals surface area contributed by atoms with Gasteiger partial charge in [-0.05, 0) is 35.9 Å². The molecule has 1 aliphatic carbocycles. The van der Waals surface area contributed by atoms with Gasteiger partial charge in [-0.3, -0.25) is 0 Å². The monoisotopic (exact) mass is 247 g/mol. The predicted molar refractivity (Wildman–Crippen MR) is 72.0 cm³/mol. The maximum absolute atomic E-state index is 5.41. The van der Waals surface area contributed by atoms with Crippen molar-refractivity contribution >= 4 is 17.4 Å². The minimum Gasteiger partial charge on any atom is -0.378 e. The molecule has 0 unspecified atom stereocenters. The molecule has 1 aromatic heterocycles. The summed E-state index contributed by atoms with van der Waals surface area (Å²) < 4.78 is 5.41. The van der Waals surface area contributed by atoms with E-state index in [2.05, 4.69) is 34.6 Å². The topological polar surface area (TPSA) is 12.5 Å². The van der Waals surface area contributed by atoms with Gasteiger partial charge in [0.25, 0.3) is 0 Å². The van der Waals surface area contributed by atoms with Crippen molar-refractivity contribution in [2.75, 3.05) is 26.3 Å². The summed E-state index contributed by atoms with van der Waals surface area (Å²) in [5.41, 5.74) is 2.94. The predicted octanol–water partition coefficient (Wildman–Crippen LogP) is 3.14. The van der Waals surface area contributed by atoms with Gasteiger partial charge in [-0.15, -0.1) is 11.3 Å². The van der Waals surface area contributed by atoms with Crippen molar-refractivity contribution in [3.63, 3.8) is 0 Å². The van der Waals surface area contributed by atoms with Crippen LogP contribution in [0.2, 0.25) is 0 Å². The lowest BCUT2D eigenvalue weighted by Gasteiger charge is -2.30. The molecule has 0 aromatic carbocycles. The van der Waals surface area contributed by atoms with Gasteiger partial charge in [0, 0.05) is 23.7 Å². The van der Waals surface area contributed by atoms with Crippen molar-refractivity contribution < 1.29 is 4.74 Å². The van der Waals surface area contributed by atoms with E-state index in [-0.39, 0.29) is 0 Å². The van der Waals surface area contributed by atoms with Crippen LogP contribution in [-0.2, 0) is 4.74 Å². The average molecular weight is 247 g/mol. The molecule has 3 heteroatoms. The lowest BCUT2D eigenvalue weighted by molar-refractivity contribution is 0.0550. The summed E-state index contributed by atoms with van der Waals surface area (Å²) in [6, 6.07) is 4.30. The van der Waals surface area contributed by atoms with Crippen LogP contribution in [0.15, 0.2) is 34.9 Å². The van der Waals surface area contributed by atoms with E-state index in [1.54, 1.807) is 0 Å². The molecule has 2 aliphatic rings. The Bertz CT molecular complexity index is 427. The summed E-state index contributed by atoms with van der Waals surface area (Å²) in [6.07, 6.45) is 7.10. The second kappa shape index (κ2) is 5.07. The van der Waals surface area contributed by atoms with E-state index in [0.717, 1.165) is 26.3 Å². The number of ether oxygens (including phenoxy) is 1. The van der Waals surface area contributed by atoms with E-state index >= 15 is 0 Å². The van der Waals surface area contributed by atoms with Gasteiger partial charge >= 0.3 is 0 Å². The lowest BCUT2D eigenvalue weighted by atomic mass is 10.1. The highest BCUT2D eigenvalue weighted by Gasteiger charge is 2.20. The standard InChI is InChI=1S/C14H17NOS/c1-3-12(11-13-4-2-10-17-13)14(5-1)15-6-8-16-9-7-15/h2,4-5,10-11H,1,3,6-9H2. The molecule has 0 atom stereocenters. The molecular weight excluding hydrogens is 230 g/mol. The third-order valence-corrected chi connectivity index (χ3v) is 4.11. The van der Waals surface area contributed by atoms with Crippen LogP contribution in [0.25, 0.3) is 6.08 Å². The summed E-state index contributed by atoms with van der Waals surface area (Å²) in [6.45, 7) is 3.80. The average Bonchev–Trinajstić information content (AvgIpc) is 3.02. The molecule has 17 heavy (non-hydrogen) atoms. The first kappa shape index (κ1) is 11.1. The van der Waals surface area contributed by atoms with E-state index in [1.807, 2.05) is 11.3 Å². The first-order valence-electron chi connectivity index (χ1n) is 6.21. The number of allylic oxidation sites excluding steroid dienone is 2. The first-order chi connectivity index (χ1) is 8.43. The summed E-state index contributed by atoms with van der Waals surface area (Å²) in [7, 11) is 0. The second-order valence-electron chi connectivity index (χ2n) is 4.41. The first-order valence-corrected chi connectivity index (χ1v) is 7.09. The van der Waals surface area contributed by atoms with Gasteiger partial charge in [0.05, 0.1) is 13.2 Å². The minimum atomic E-state index is 0.865. The van der Waals surface area contributed by atoms with Crippen LogP contribution in [0.1, 0.15) is 17.7 Å². The highest BCUT2D eigenvalue weighted by Crippen LogP contribution is 2.31. The van der Waals surface area contributed by atoms with Crippen LogP contribution < -0.4 is 0 Å². The summed E-state index contributed by atoms with van der Waals surface area (Å²) in [4.78, 5) is 3.83. The van der Waals surface area contributed by atoms with Crippen molar-refractivity contribution in [2.45, 2.75) is 12.8 Å². The number of rotatable bonds is 2. The molecule has 0 N–H and O–H groups in total. The lowest BCUT2D eigenvalue weighted by Crippen LogP contribution is -2.35. The smallest absolute Gasteiger partial charge is 0.0642 e. The fourth-order valence-corrected chi connectivity index (χ4v) is 3.13. The maximum atomic E-state index is 5.41. The van der Waals surface area contributed by atoms with Crippen LogP contribution in [0, 0.1) is 0 Å². The molecule has 1 aromatic rings. The van der Waals surface area contributed by atoms with Crippen LogP contribution in [-0.4, -0.2) is 31.2 Å². The molecular formula is C14H17NOS. The van der Waals surface area contributed by atoms with Crippen LogP contribution in [0.5, 0.6) is 0 Å². The summed E-state index contributed by atoms with van der Waals surface area (Å²) >= 11 is 1.81. The number of thiophene rings is 1. The molecule has 0 saturated carbocycles. The second-order valence-corrected chi connectivity index (χ2v) is 5.39. The van der Waals surface area contributed by atoms with Crippen LogP contribution >= 0.6 is 11.3 Å². The third kappa shape index (κ3) is 2.45. The van der Waals surface area contributed by atoms with Gasteiger partial charge in [-0.25, -0.2) is 0 Å². The molecule has 0 radical (unpaired) electrons. The van der Waals surface area contributed by atoms with Crippen molar-refractivity contribution in [1.82, 2.24) is 4.90 Å². The van der Waals surface area contributed by atoms with E-state index < -0.39 is 0 Å². The molecule has 0 amide bonds. The summed E-state index contributed by atoms with van der Waals surface area (Å²) in [5, 5.41) is 2.14. The number of morpholine rings is 1.